The highest BCUT2D eigenvalue weighted by molar-refractivity contribution is 5.76. The van der Waals surface area contributed by atoms with E-state index in [2.05, 4.69) is 51.1 Å². The maximum Gasteiger partial charge on any atom is 0.225 e. The molecule has 0 bridgehead atoms. The number of amides is 1. The fourth-order valence-corrected chi connectivity index (χ4v) is 3.44. The van der Waals surface area contributed by atoms with Crippen LogP contribution in [0.4, 0.5) is 5.95 Å². The smallest absolute Gasteiger partial charge is 0.225 e. The van der Waals surface area contributed by atoms with Gasteiger partial charge in [-0.1, -0.05) is 43.7 Å². The first-order valence-corrected chi connectivity index (χ1v) is 9.74. The minimum absolute atomic E-state index is 0.258. The molecule has 3 rings (SSSR count). The van der Waals surface area contributed by atoms with Crippen molar-refractivity contribution in [1.29, 1.82) is 0 Å². The van der Waals surface area contributed by atoms with Crippen LogP contribution in [0.15, 0.2) is 30.3 Å². The number of nitrogens with zero attached hydrogens (tertiary/aromatic N) is 4. The van der Waals surface area contributed by atoms with E-state index in [0.717, 1.165) is 42.4 Å². The Morgan fingerprint density at radius 3 is 2.56 bits per heavy atom. The lowest BCUT2D eigenvalue weighted by molar-refractivity contribution is -0.130. The predicted molar refractivity (Wildman–Crippen MR) is 110 cm³/mol. The van der Waals surface area contributed by atoms with E-state index in [0.29, 0.717) is 12.3 Å². The van der Waals surface area contributed by atoms with Gasteiger partial charge in [0.2, 0.25) is 11.9 Å². The molecular weight excluding hydrogens is 336 g/mol. The molecule has 2 aromatic rings. The highest BCUT2D eigenvalue weighted by atomic mass is 16.2. The summed E-state index contributed by atoms with van der Waals surface area (Å²) in [6, 6.07) is 10.5. The van der Waals surface area contributed by atoms with Gasteiger partial charge in [-0.15, -0.1) is 0 Å². The molecule has 1 aromatic heterocycles. The third-order valence-electron chi connectivity index (χ3n) is 5.02. The van der Waals surface area contributed by atoms with E-state index < -0.39 is 0 Å². The highest BCUT2D eigenvalue weighted by Gasteiger charge is 2.29. The summed E-state index contributed by atoms with van der Waals surface area (Å²) in [6.45, 7) is 7.84. The zero-order chi connectivity index (χ0) is 19.6. The minimum atomic E-state index is 0.258. The van der Waals surface area contributed by atoms with Crippen molar-refractivity contribution in [3.05, 3.63) is 41.6 Å². The zero-order valence-electron chi connectivity index (χ0n) is 17.1. The Morgan fingerprint density at radius 1 is 1.22 bits per heavy atom. The Labute approximate surface area is 162 Å². The average molecular weight is 367 g/mol. The summed E-state index contributed by atoms with van der Waals surface area (Å²) in [6.07, 6.45) is 1.58. The van der Waals surface area contributed by atoms with Gasteiger partial charge in [0.15, 0.2) is 0 Å². The molecule has 1 fully saturated rings. The van der Waals surface area contributed by atoms with Crippen LogP contribution in [0, 0.1) is 12.8 Å². The van der Waals surface area contributed by atoms with Crippen LogP contribution in [0.5, 0.6) is 0 Å². The molecule has 0 saturated carbocycles. The van der Waals surface area contributed by atoms with Crippen molar-refractivity contribution in [3.63, 3.8) is 0 Å². The van der Waals surface area contributed by atoms with Gasteiger partial charge in [0.25, 0.3) is 0 Å². The molecular formula is C22H30N4O. The summed E-state index contributed by atoms with van der Waals surface area (Å²) >= 11 is 0. The van der Waals surface area contributed by atoms with Gasteiger partial charge in [-0.05, 0) is 25.3 Å². The van der Waals surface area contributed by atoms with E-state index in [-0.39, 0.29) is 11.8 Å². The molecule has 1 aromatic carbocycles. The molecule has 144 valence electrons. The Bertz CT molecular complexity index is 798. The van der Waals surface area contributed by atoms with Gasteiger partial charge in [0.05, 0.1) is 11.4 Å². The number of rotatable bonds is 5. The van der Waals surface area contributed by atoms with Gasteiger partial charge in [0.1, 0.15) is 0 Å². The number of aryl methyl sites for hydroxylation is 1. The van der Waals surface area contributed by atoms with Gasteiger partial charge in [-0.2, -0.15) is 0 Å². The molecule has 1 aliphatic rings. The molecule has 1 saturated heterocycles. The van der Waals surface area contributed by atoms with E-state index in [1.54, 1.807) is 0 Å². The van der Waals surface area contributed by atoms with Crippen LogP contribution in [0.25, 0.3) is 11.3 Å². The number of hydrogen-bond donors (Lipinski definition) is 0. The van der Waals surface area contributed by atoms with E-state index >= 15 is 0 Å². The lowest BCUT2D eigenvalue weighted by atomic mass is 10.0. The summed E-state index contributed by atoms with van der Waals surface area (Å²) in [5.74, 6) is 1.64. The average Bonchev–Trinajstić information content (AvgIpc) is 3.11. The van der Waals surface area contributed by atoms with Gasteiger partial charge in [0, 0.05) is 45.1 Å². The molecule has 2 heterocycles. The minimum Gasteiger partial charge on any atom is -0.347 e. The number of benzene rings is 1. The number of carbonyl (C=O) groups is 1. The highest BCUT2D eigenvalue weighted by Crippen LogP contribution is 2.30. The first-order valence-electron chi connectivity index (χ1n) is 9.74. The second-order valence-corrected chi connectivity index (χ2v) is 8.16. The first-order chi connectivity index (χ1) is 12.8. The van der Waals surface area contributed by atoms with Crippen molar-refractivity contribution < 1.29 is 4.79 Å². The van der Waals surface area contributed by atoms with E-state index in [9.17, 15) is 4.79 Å². The van der Waals surface area contributed by atoms with Gasteiger partial charge < -0.3 is 9.80 Å². The lowest BCUT2D eigenvalue weighted by Crippen LogP contribution is -2.29. The van der Waals surface area contributed by atoms with Crippen molar-refractivity contribution in [1.82, 2.24) is 14.9 Å². The SMILES string of the molecule is Cc1ccc(-c2cc([C@H]3CCN(C(=O)CC(C)C)C3)nc(N(C)C)n2)cc1. The van der Waals surface area contributed by atoms with Crippen LogP contribution in [0.3, 0.4) is 0 Å². The lowest BCUT2D eigenvalue weighted by Gasteiger charge is -2.19. The monoisotopic (exact) mass is 366 g/mol. The fourth-order valence-electron chi connectivity index (χ4n) is 3.44. The number of carbonyl (C=O) groups excluding carboxylic acids is 1. The predicted octanol–water partition coefficient (Wildman–Crippen LogP) is 3.88. The Morgan fingerprint density at radius 2 is 1.93 bits per heavy atom. The molecule has 5 nitrogen and oxygen atoms in total. The largest absolute Gasteiger partial charge is 0.347 e. The fraction of sp³-hybridized carbons (Fsp3) is 0.500. The second-order valence-electron chi connectivity index (χ2n) is 8.16. The van der Waals surface area contributed by atoms with Crippen LogP contribution >= 0.6 is 0 Å². The van der Waals surface area contributed by atoms with Crippen molar-refractivity contribution in [2.75, 3.05) is 32.1 Å². The number of hydrogen-bond acceptors (Lipinski definition) is 4. The van der Waals surface area contributed by atoms with Crippen molar-refractivity contribution >= 4 is 11.9 Å². The summed E-state index contributed by atoms with van der Waals surface area (Å²) in [4.78, 5) is 25.9. The third-order valence-corrected chi connectivity index (χ3v) is 5.02. The van der Waals surface area contributed by atoms with E-state index in [1.165, 1.54) is 5.56 Å². The standard InChI is InChI=1S/C22H30N4O/c1-15(2)12-21(27)26-11-10-18(14-26)20-13-19(23-22(24-20)25(4)5)17-8-6-16(3)7-9-17/h6-9,13,15,18H,10-12,14H2,1-5H3/t18-/m0/s1. The van der Waals surface area contributed by atoms with Crippen molar-refractivity contribution in [2.24, 2.45) is 5.92 Å². The van der Waals surface area contributed by atoms with E-state index in [4.69, 9.17) is 9.97 Å². The van der Waals surface area contributed by atoms with Gasteiger partial charge in [-0.25, -0.2) is 9.97 Å². The first kappa shape index (κ1) is 19.3. The molecule has 0 radical (unpaired) electrons. The zero-order valence-corrected chi connectivity index (χ0v) is 17.1. The summed E-state index contributed by atoms with van der Waals surface area (Å²) in [7, 11) is 3.93. The maximum absolute atomic E-state index is 12.4. The van der Waals surface area contributed by atoms with Crippen molar-refractivity contribution in [3.8, 4) is 11.3 Å². The quantitative estimate of drug-likeness (QED) is 0.806. The molecule has 1 amide bonds. The Hall–Kier alpha value is -2.43. The van der Waals surface area contributed by atoms with Gasteiger partial charge >= 0.3 is 0 Å². The van der Waals surface area contributed by atoms with Crippen LogP contribution < -0.4 is 4.90 Å². The molecule has 5 heteroatoms. The summed E-state index contributed by atoms with van der Waals surface area (Å²) < 4.78 is 0. The van der Waals surface area contributed by atoms with Gasteiger partial charge in [-0.3, -0.25) is 4.79 Å². The third kappa shape index (κ3) is 4.65. The molecule has 0 unspecified atom stereocenters. The molecule has 27 heavy (non-hydrogen) atoms. The topological polar surface area (TPSA) is 49.3 Å². The number of likely N-dealkylation sites (tertiary alicyclic amines) is 1. The number of aromatic nitrogens is 2. The van der Waals surface area contributed by atoms with Crippen LogP contribution in [-0.2, 0) is 4.79 Å². The molecule has 0 aliphatic carbocycles. The Balaban J connectivity index is 1.87. The van der Waals surface area contributed by atoms with Crippen LogP contribution in [0.2, 0.25) is 0 Å². The normalized spacial score (nSPS) is 16.8. The number of anilines is 1. The van der Waals surface area contributed by atoms with Crippen LogP contribution in [-0.4, -0.2) is 48.0 Å². The summed E-state index contributed by atoms with van der Waals surface area (Å²) in [5.41, 5.74) is 4.30. The molecule has 1 aliphatic heterocycles. The molecule has 1 atom stereocenters. The van der Waals surface area contributed by atoms with Crippen molar-refractivity contribution in [2.45, 2.75) is 39.5 Å². The van der Waals surface area contributed by atoms with Crippen LogP contribution in [0.1, 0.15) is 43.9 Å². The summed E-state index contributed by atoms with van der Waals surface area (Å²) in [5, 5.41) is 0. The molecule has 0 N–H and O–H groups in total. The molecule has 0 spiro atoms. The maximum atomic E-state index is 12.4. The van der Waals surface area contributed by atoms with E-state index in [1.807, 2.05) is 23.9 Å². The second kappa shape index (κ2) is 8.07. The Kier molecular flexibility index (Phi) is 5.78.